The van der Waals surface area contributed by atoms with Gasteiger partial charge in [0.2, 0.25) is 0 Å². The molecule has 1 aromatic carbocycles. The number of fused-ring (bicyclic) bond motifs is 1. The molecule has 2 aromatic heterocycles. The van der Waals surface area contributed by atoms with Crippen molar-refractivity contribution in [3.05, 3.63) is 52.0 Å². The molecular formula is C19H22N4OS. The Kier molecular flexibility index (Phi) is 4.44. The molecule has 0 saturated carbocycles. The number of thiophene rings is 1. The van der Waals surface area contributed by atoms with Crippen molar-refractivity contribution in [3.8, 4) is 0 Å². The van der Waals surface area contributed by atoms with E-state index in [9.17, 15) is 4.79 Å². The molecule has 0 radical (unpaired) electrons. The number of imidazole rings is 1. The smallest absolute Gasteiger partial charge is 0.317 e. The largest absolute Gasteiger partial charge is 0.342 e. The highest BCUT2D eigenvalue weighted by atomic mass is 32.1. The van der Waals surface area contributed by atoms with Crippen molar-refractivity contribution in [2.75, 3.05) is 13.1 Å². The monoisotopic (exact) mass is 354 g/mol. The summed E-state index contributed by atoms with van der Waals surface area (Å²) in [6, 6.07) is 10.3. The summed E-state index contributed by atoms with van der Waals surface area (Å²) < 4.78 is 0. The Morgan fingerprint density at radius 2 is 2.36 bits per heavy atom. The van der Waals surface area contributed by atoms with E-state index in [2.05, 4.69) is 35.4 Å². The van der Waals surface area contributed by atoms with Gasteiger partial charge in [-0.3, -0.25) is 0 Å². The first-order chi connectivity index (χ1) is 12.2. The van der Waals surface area contributed by atoms with Crippen LogP contribution in [0, 0.1) is 6.92 Å². The van der Waals surface area contributed by atoms with Crippen LogP contribution in [0.2, 0.25) is 0 Å². The molecule has 0 aliphatic carbocycles. The van der Waals surface area contributed by atoms with Crippen LogP contribution in [0.3, 0.4) is 0 Å². The number of nitrogens with one attached hydrogen (secondary N) is 2. The minimum absolute atomic E-state index is 0.0186. The molecule has 0 unspecified atom stereocenters. The fourth-order valence-electron chi connectivity index (χ4n) is 3.41. The van der Waals surface area contributed by atoms with Crippen molar-refractivity contribution >= 4 is 28.4 Å². The molecule has 1 aliphatic heterocycles. The molecule has 1 saturated heterocycles. The zero-order valence-corrected chi connectivity index (χ0v) is 15.1. The molecule has 6 heteroatoms. The number of amides is 2. The van der Waals surface area contributed by atoms with Crippen LogP contribution in [0.15, 0.2) is 35.7 Å². The number of carbonyl (C=O) groups is 1. The number of aromatic nitrogens is 2. The van der Waals surface area contributed by atoms with E-state index in [0.717, 1.165) is 42.8 Å². The van der Waals surface area contributed by atoms with E-state index >= 15 is 0 Å². The second-order valence-corrected chi connectivity index (χ2v) is 7.70. The summed E-state index contributed by atoms with van der Waals surface area (Å²) >= 11 is 1.66. The van der Waals surface area contributed by atoms with Gasteiger partial charge < -0.3 is 15.2 Å². The zero-order valence-electron chi connectivity index (χ0n) is 14.3. The lowest BCUT2D eigenvalue weighted by atomic mass is 9.97. The lowest BCUT2D eigenvalue weighted by Gasteiger charge is -2.31. The maximum Gasteiger partial charge on any atom is 0.317 e. The third-order valence-corrected chi connectivity index (χ3v) is 5.62. The number of rotatable bonds is 3. The summed E-state index contributed by atoms with van der Waals surface area (Å²) in [6.07, 6.45) is 2.07. The highest BCUT2D eigenvalue weighted by molar-refractivity contribution is 7.09. The predicted molar refractivity (Wildman–Crippen MR) is 101 cm³/mol. The lowest BCUT2D eigenvalue weighted by Crippen LogP contribution is -2.44. The number of piperidine rings is 1. The quantitative estimate of drug-likeness (QED) is 0.746. The Labute approximate surface area is 151 Å². The highest BCUT2D eigenvalue weighted by Crippen LogP contribution is 2.27. The number of aromatic amines is 1. The minimum atomic E-state index is 0.0186. The number of benzene rings is 1. The highest BCUT2D eigenvalue weighted by Gasteiger charge is 2.26. The van der Waals surface area contributed by atoms with Crippen LogP contribution in [0.1, 0.15) is 35.0 Å². The third kappa shape index (κ3) is 3.54. The molecule has 4 rings (SSSR count). The summed E-state index contributed by atoms with van der Waals surface area (Å²) in [5, 5.41) is 5.06. The molecule has 3 heterocycles. The van der Waals surface area contributed by atoms with Gasteiger partial charge in [-0.25, -0.2) is 9.78 Å². The van der Waals surface area contributed by atoms with Crippen LogP contribution in [-0.4, -0.2) is 34.0 Å². The van der Waals surface area contributed by atoms with Gasteiger partial charge in [0.15, 0.2) is 0 Å². The van der Waals surface area contributed by atoms with Crippen molar-refractivity contribution < 1.29 is 4.79 Å². The molecule has 1 aliphatic rings. The molecule has 130 valence electrons. The van der Waals surface area contributed by atoms with Crippen LogP contribution in [0.4, 0.5) is 4.79 Å². The number of aryl methyl sites for hydroxylation is 1. The van der Waals surface area contributed by atoms with Crippen molar-refractivity contribution in [3.63, 3.8) is 0 Å². The summed E-state index contributed by atoms with van der Waals surface area (Å²) in [6.45, 7) is 4.21. The molecule has 0 spiro atoms. The van der Waals surface area contributed by atoms with E-state index in [1.165, 1.54) is 10.4 Å². The third-order valence-electron chi connectivity index (χ3n) is 4.74. The van der Waals surface area contributed by atoms with Gasteiger partial charge in [-0.05, 0) is 48.9 Å². The maximum atomic E-state index is 12.5. The Hall–Kier alpha value is -2.34. The van der Waals surface area contributed by atoms with Gasteiger partial charge >= 0.3 is 6.03 Å². The summed E-state index contributed by atoms with van der Waals surface area (Å²) in [5.74, 6) is 1.27. The Balaban J connectivity index is 1.43. The van der Waals surface area contributed by atoms with Crippen LogP contribution < -0.4 is 5.32 Å². The van der Waals surface area contributed by atoms with Gasteiger partial charge in [0.1, 0.15) is 5.82 Å². The second kappa shape index (κ2) is 6.88. The van der Waals surface area contributed by atoms with E-state index in [-0.39, 0.29) is 11.9 Å². The normalized spacial score (nSPS) is 17.8. The first-order valence-electron chi connectivity index (χ1n) is 8.70. The lowest BCUT2D eigenvalue weighted by molar-refractivity contribution is 0.178. The molecule has 25 heavy (non-hydrogen) atoms. The summed E-state index contributed by atoms with van der Waals surface area (Å²) in [7, 11) is 0. The van der Waals surface area contributed by atoms with Gasteiger partial charge in [0.05, 0.1) is 17.6 Å². The summed E-state index contributed by atoms with van der Waals surface area (Å²) in [5.41, 5.74) is 3.30. The fourth-order valence-corrected chi connectivity index (χ4v) is 4.05. The first-order valence-corrected chi connectivity index (χ1v) is 9.58. The van der Waals surface area contributed by atoms with E-state index < -0.39 is 0 Å². The van der Waals surface area contributed by atoms with Gasteiger partial charge in [-0.1, -0.05) is 12.1 Å². The molecule has 2 N–H and O–H groups in total. The molecule has 1 fully saturated rings. The Bertz CT molecular complexity index is 871. The average Bonchev–Trinajstić information content (AvgIpc) is 3.28. The van der Waals surface area contributed by atoms with Crippen molar-refractivity contribution in [1.82, 2.24) is 20.2 Å². The van der Waals surface area contributed by atoms with Crippen molar-refractivity contribution in [2.24, 2.45) is 0 Å². The molecular weight excluding hydrogens is 332 g/mol. The van der Waals surface area contributed by atoms with Crippen LogP contribution >= 0.6 is 11.3 Å². The van der Waals surface area contributed by atoms with Crippen LogP contribution in [-0.2, 0) is 6.54 Å². The summed E-state index contributed by atoms with van der Waals surface area (Å²) in [4.78, 5) is 23.8. The second-order valence-electron chi connectivity index (χ2n) is 6.67. The number of hydrogen-bond donors (Lipinski definition) is 2. The average molecular weight is 354 g/mol. The van der Waals surface area contributed by atoms with Gasteiger partial charge in [0, 0.05) is 23.9 Å². The number of urea groups is 1. The maximum absolute atomic E-state index is 12.5. The molecule has 1 atom stereocenters. The molecule has 0 bridgehead atoms. The molecule has 2 amide bonds. The number of H-pyrrole nitrogens is 1. The fraction of sp³-hybridized carbons (Fsp3) is 0.368. The van der Waals surface area contributed by atoms with E-state index in [4.69, 9.17) is 4.98 Å². The molecule has 3 aromatic rings. The van der Waals surface area contributed by atoms with Gasteiger partial charge in [-0.15, -0.1) is 11.3 Å². The van der Waals surface area contributed by atoms with Gasteiger partial charge in [0.25, 0.3) is 0 Å². The first kappa shape index (κ1) is 16.1. The van der Waals surface area contributed by atoms with Gasteiger partial charge in [-0.2, -0.15) is 0 Å². The van der Waals surface area contributed by atoms with Crippen molar-refractivity contribution in [2.45, 2.75) is 32.2 Å². The SMILES string of the molecule is Cc1ccc2nc([C@H]3CCCN(C(=O)NCc4cccs4)C3)[nH]c2c1. The topological polar surface area (TPSA) is 61.0 Å². The number of likely N-dealkylation sites (tertiary alicyclic amines) is 1. The standard InChI is InChI=1S/C19H22N4OS/c1-13-6-7-16-17(10-13)22-18(21-16)14-4-2-8-23(12-14)19(24)20-11-15-5-3-9-25-15/h3,5-7,9-10,14H,2,4,8,11-12H2,1H3,(H,20,24)(H,21,22)/t14-/m0/s1. The predicted octanol–water partition coefficient (Wildman–Crippen LogP) is 4.02. The number of nitrogens with zero attached hydrogens (tertiary/aromatic N) is 2. The minimum Gasteiger partial charge on any atom is -0.342 e. The Morgan fingerprint density at radius 3 is 3.20 bits per heavy atom. The number of hydrogen-bond acceptors (Lipinski definition) is 3. The molecule has 5 nitrogen and oxygen atoms in total. The van der Waals surface area contributed by atoms with Crippen LogP contribution in [0.25, 0.3) is 11.0 Å². The van der Waals surface area contributed by atoms with Crippen molar-refractivity contribution in [1.29, 1.82) is 0 Å². The van der Waals surface area contributed by atoms with E-state index in [0.29, 0.717) is 6.54 Å². The number of carbonyl (C=O) groups excluding carboxylic acids is 1. The van der Waals surface area contributed by atoms with Crippen LogP contribution in [0.5, 0.6) is 0 Å². The van der Waals surface area contributed by atoms with E-state index in [1.807, 2.05) is 22.4 Å². The zero-order chi connectivity index (χ0) is 17.2. The Morgan fingerprint density at radius 1 is 1.44 bits per heavy atom. The van der Waals surface area contributed by atoms with E-state index in [1.54, 1.807) is 11.3 Å².